The van der Waals surface area contributed by atoms with E-state index < -0.39 is 5.97 Å². The Balaban J connectivity index is 2.29. The average molecular weight is 258 g/mol. The first-order valence-electron chi connectivity index (χ1n) is 6.29. The third-order valence-corrected chi connectivity index (χ3v) is 3.32. The van der Waals surface area contributed by atoms with Crippen LogP contribution in [0.15, 0.2) is 0 Å². The van der Waals surface area contributed by atoms with E-state index in [1.54, 1.807) is 7.11 Å². The van der Waals surface area contributed by atoms with Crippen molar-refractivity contribution in [1.29, 1.82) is 0 Å². The summed E-state index contributed by atoms with van der Waals surface area (Å²) < 4.78 is 4.90. The number of methoxy groups -OCH3 is 1. The lowest BCUT2D eigenvalue weighted by molar-refractivity contribution is -0.141. The van der Waals surface area contributed by atoms with Crippen molar-refractivity contribution >= 4 is 11.9 Å². The van der Waals surface area contributed by atoms with E-state index in [9.17, 15) is 9.59 Å². The molecule has 0 spiro atoms. The van der Waals surface area contributed by atoms with E-state index >= 15 is 0 Å². The van der Waals surface area contributed by atoms with E-state index in [1.807, 2.05) is 11.8 Å². The van der Waals surface area contributed by atoms with Crippen LogP contribution in [0.4, 0.5) is 0 Å². The minimum Gasteiger partial charge on any atom is -0.481 e. The molecule has 1 heterocycles. The number of carbonyl (C=O) groups excluding carboxylic acids is 1. The number of hydrogen-bond acceptors (Lipinski definition) is 4. The highest BCUT2D eigenvalue weighted by atomic mass is 16.5. The van der Waals surface area contributed by atoms with Crippen molar-refractivity contribution in [3.8, 4) is 0 Å². The third kappa shape index (κ3) is 4.27. The summed E-state index contributed by atoms with van der Waals surface area (Å²) in [5.74, 6) is -1.16. The molecule has 104 valence electrons. The monoisotopic (exact) mass is 258 g/mol. The highest BCUT2D eigenvalue weighted by molar-refractivity contribution is 5.81. The van der Waals surface area contributed by atoms with Crippen molar-refractivity contribution in [3.63, 3.8) is 0 Å². The second-order valence-electron chi connectivity index (χ2n) is 4.63. The second kappa shape index (κ2) is 7.33. The number of amides is 1. The summed E-state index contributed by atoms with van der Waals surface area (Å²) in [6, 6.07) is -0.267. The number of hydrogen-bond donors (Lipinski definition) is 2. The van der Waals surface area contributed by atoms with Crippen LogP contribution in [0.2, 0.25) is 0 Å². The smallest absolute Gasteiger partial charge is 0.307 e. The Morgan fingerprint density at radius 3 is 2.83 bits per heavy atom. The number of rotatable bonds is 7. The lowest BCUT2D eigenvalue weighted by Gasteiger charge is -2.23. The van der Waals surface area contributed by atoms with E-state index in [1.165, 1.54) is 0 Å². The van der Waals surface area contributed by atoms with Gasteiger partial charge in [0.15, 0.2) is 0 Å². The molecule has 2 N–H and O–H groups in total. The van der Waals surface area contributed by atoms with Crippen LogP contribution in [0.25, 0.3) is 0 Å². The molecule has 2 unspecified atom stereocenters. The minimum absolute atomic E-state index is 0.0443. The summed E-state index contributed by atoms with van der Waals surface area (Å²) in [5.41, 5.74) is 0. The van der Waals surface area contributed by atoms with Gasteiger partial charge in [0.2, 0.25) is 5.91 Å². The maximum atomic E-state index is 11.8. The number of nitrogens with zero attached hydrogens (tertiary/aromatic N) is 1. The Labute approximate surface area is 107 Å². The molecule has 1 aliphatic heterocycles. The number of carboxylic acids is 1. The molecular formula is C12H22N2O4. The van der Waals surface area contributed by atoms with Gasteiger partial charge in [-0.2, -0.15) is 0 Å². The first kappa shape index (κ1) is 14.9. The quantitative estimate of drug-likeness (QED) is 0.625. The van der Waals surface area contributed by atoms with E-state index in [-0.39, 0.29) is 17.9 Å². The van der Waals surface area contributed by atoms with Crippen molar-refractivity contribution in [2.45, 2.75) is 25.8 Å². The zero-order valence-corrected chi connectivity index (χ0v) is 11.0. The Kier molecular flexibility index (Phi) is 6.07. The average Bonchev–Trinajstić information content (AvgIpc) is 2.83. The van der Waals surface area contributed by atoms with Crippen LogP contribution in [0.5, 0.6) is 0 Å². The zero-order valence-electron chi connectivity index (χ0n) is 11.0. The topological polar surface area (TPSA) is 78.9 Å². The van der Waals surface area contributed by atoms with Gasteiger partial charge in [0.25, 0.3) is 0 Å². The lowest BCUT2D eigenvalue weighted by atomic mass is 10.1. The Morgan fingerprint density at radius 1 is 1.56 bits per heavy atom. The van der Waals surface area contributed by atoms with Crippen LogP contribution in [0, 0.1) is 5.92 Å². The number of aliphatic carboxylic acids is 1. The van der Waals surface area contributed by atoms with E-state index in [2.05, 4.69) is 5.32 Å². The number of carbonyl (C=O) groups is 2. The molecule has 0 bridgehead atoms. The van der Waals surface area contributed by atoms with Crippen LogP contribution >= 0.6 is 0 Å². The van der Waals surface area contributed by atoms with Gasteiger partial charge in [-0.3, -0.25) is 14.5 Å². The molecule has 0 aromatic heterocycles. The number of likely N-dealkylation sites (tertiary alicyclic amines) is 1. The highest BCUT2D eigenvalue weighted by Gasteiger charge is 2.32. The number of nitrogens with one attached hydrogen (secondary N) is 1. The summed E-state index contributed by atoms with van der Waals surface area (Å²) in [7, 11) is 1.63. The van der Waals surface area contributed by atoms with E-state index in [0.717, 1.165) is 6.42 Å². The molecule has 0 aromatic carbocycles. The van der Waals surface area contributed by atoms with Crippen LogP contribution in [-0.4, -0.2) is 61.3 Å². The van der Waals surface area contributed by atoms with Gasteiger partial charge in [-0.25, -0.2) is 0 Å². The largest absolute Gasteiger partial charge is 0.481 e. The molecule has 6 heteroatoms. The third-order valence-electron chi connectivity index (χ3n) is 3.32. The first-order valence-corrected chi connectivity index (χ1v) is 6.29. The molecular weight excluding hydrogens is 236 g/mol. The fraction of sp³-hybridized carbons (Fsp3) is 0.833. The fourth-order valence-electron chi connectivity index (χ4n) is 2.08. The maximum absolute atomic E-state index is 11.8. The van der Waals surface area contributed by atoms with Gasteiger partial charge in [-0.1, -0.05) is 0 Å². The van der Waals surface area contributed by atoms with Gasteiger partial charge in [0.1, 0.15) is 0 Å². The van der Waals surface area contributed by atoms with Gasteiger partial charge in [0, 0.05) is 26.8 Å². The molecule has 0 saturated carbocycles. The summed E-state index contributed by atoms with van der Waals surface area (Å²) in [4.78, 5) is 24.6. The van der Waals surface area contributed by atoms with Gasteiger partial charge in [-0.05, 0) is 26.3 Å². The fourth-order valence-corrected chi connectivity index (χ4v) is 2.08. The van der Waals surface area contributed by atoms with Gasteiger partial charge < -0.3 is 15.2 Å². The molecule has 1 saturated heterocycles. The number of carboxylic acid groups (broad SMARTS) is 1. The zero-order chi connectivity index (χ0) is 13.5. The van der Waals surface area contributed by atoms with Crippen LogP contribution in [0.3, 0.4) is 0 Å². The van der Waals surface area contributed by atoms with E-state index in [4.69, 9.17) is 9.84 Å². The van der Waals surface area contributed by atoms with Crippen molar-refractivity contribution in [2.24, 2.45) is 5.92 Å². The summed E-state index contributed by atoms with van der Waals surface area (Å²) in [6.45, 7) is 4.16. The molecule has 1 fully saturated rings. The molecule has 18 heavy (non-hydrogen) atoms. The molecule has 6 nitrogen and oxygen atoms in total. The Morgan fingerprint density at radius 2 is 2.28 bits per heavy atom. The van der Waals surface area contributed by atoms with Crippen LogP contribution in [0.1, 0.15) is 19.8 Å². The normalized spacial score (nSPS) is 21.8. The second-order valence-corrected chi connectivity index (χ2v) is 4.63. The molecule has 1 amide bonds. The van der Waals surface area contributed by atoms with E-state index in [0.29, 0.717) is 32.7 Å². The summed E-state index contributed by atoms with van der Waals surface area (Å²) in [6.07, 6.45) is 1.41. The molecule has 1 aliphatic rings. The lowest BCUT2D eigenvalue weighted by Crippen LogP contribution is -2.44. The summed E-state index contributed by atoms with van der Waals surface area (Å²) in [5, 5.41) is 11.7. The van der Waals surface area contributed by atoms with Crippen molar-refractivity contribution in [1.82, 2.24) is 10.2 Å². The van der Waals surface area contributed by atoms with Crippen molar-refractivity contribution in [2.75, 3.05) is 33.4 Å². The first-order chi connectivity index (χ1) is 8.56. The van der Waals surface area contributed by atoms with Crippen LogP contribution in [-0.2, 0) is 14.3 Å². The van der Waals surface area contributed by atoms with Gasteiger partial charge >= 0.3 is 5.97 Å². The summed E-state index contributed by atoms with van der Waals surface area (Å²) >= 11 is 0. The Bertz CT molecular complexity index is 296. The molecule has 0 aliphatic carbocycles. The van der Waals surface area contributed by atoms with Crippen molar-refractivity contribution < 1.29 is 19.4 Å². The van der Waals surface area contributed by atoms with Crippen molar-refractivity contribution in [3.05, 3.63) is 0 Å². The van der Waals surface area contributed by atoms with Gasteiger partial charge in [0.05, 0.1) is 12.0 Å². The maximum Gasteiger partial charge on any atom is 0.307 e. The van der Waals surface area contributed by atoms with Gasteiger partial charge in [-0.15, -0.1) is 0 Å². The predicted octanol–water partition coefficient (Wildman–Crippen LogP) is -0.0659. The predicted molar refractivity (Wildman–Crippen MR) is 66.3 cm³/mol. The standard InChI is InChI=1S/C12H22N2O4/c1-9(11(15)13-5-3-7-18-2)14-6-4-10(8-14)12(16)17/h9-10H,3-8H2,1-2H3,(H,13,15)(H,16,17). The minimum atomic E-state index is -0.773. The number of ether oxygens (including phenoxy) is 1. The molecule has 1 rings (SSSR count). The Hall–Kier alpha value is -1.14. The SMILES string of the molecule is COCCCNC(=O)C(C)N1CCC(C(=O)O)C1. The molecule has 0 aromatic rings. The highest BCUT2D eigenvalue weighted by Crippen LogP contribution is 2.18. The van der Waals surface area contributed by atoms with Crippen LogP contribution < -0.4 is 5.32 Å². The molecule has 0 radical (unpaired) electrons. The molecule has 2 atom stereocenters.